The average Bonchev–Trinajstić information content (AvgIpc) is 3.27. The zero-order chi connectivity index (χ0) is 26.0. The molecule has 3 amide bonds. The molecule has 0 aliphatic heterocycles. The van der Waals surface area contributed by atoms with Crippen LogP contribution in [-0.4, -0.2) is 35.1 Å². The molecule has 4 rings (SSSR count). The molecule has 0 bridgehead atoms. The third kappa shape index (κ3) is 6.98. The first-order chi connectivity index (χ1) is 18.0. The Hall–Kier alpha value is -4.59. The average molecular weight is 498 g/mol. The number of nitrogens with zero attached hydrogens (tertiary/aromatic N) is 1. The Balaban J connectivity index is 1.36. The van der Waals surface area contributed by atoms with Crippen molar-refractivity contribution in [3.05, 3.63) is 102 Å². The van der Waals surface area contributed by atoms with Crippen LogP contribution in [0.25, 0.3) is 10.9 Å². The van der Waals surface area contributed by atoms with Crippen molar-refractivity contribution >= 4 is 34.5 Å². The molecule has 0 spiro atoms. The molecule has 1 aromatic heterocycles. The van der Waals surface area contributed by atoms with Gasteiger partial charge in [-0.3, -0.25) is 9.59 Å². The van der Waals surface area contributed by atoms with Crippen molar-refractivity contribution in [1.82, 2.24) is 15.2 Å². The van der Waals surface area contributed by atoms with Gasteiger partial charge in [0.15, 0.2) is 0 Å². The SMILES string of the molecule is Cn1cc(C(=O)N[C@@H](CCCNC(=O)OCc2ccccc2)C(=O)Nc2[c]cccc2)c2ccccc21. The van der Waals surface area contributed by atoms with E-state index < -0.39 is 12.1 Å². The number of fused-ring (bicyclic) bond motifs is 1. The summed E-state index contributed by atoms with van der Waals surface area (Å²) in [5, 5.41) is 9.18. The van der Waals surface area contributed by atoms with Crippen LogP contribution in [0, 0.1) is 6.07 Å². The predicted octanol–water partition coefficient (Wildman–Crippen LogP) is 4.42. The summed E-state index contributed by atoms with van der Waals surface area (Å²) in [6.45, 7) is 0.464. The van der Waals surface area contributed by atoms with E-state index in [4.69, 9.17) is 4.74 Å². The van der Waals surface area contributed by atoms with Crippen LogP contribution in [-0.2, 0) is 23.2 Å². The Morgan fingerprint density at radius 2 is 1.73 bits per heavy atom. The molecule has 8 heteroatoms. The summed E-state index contributed by atoms with van der Waals surface area (Å²) in [6, 6.07) is 26.2. The summed E-state index contributed by atoms with van der Waals surface area (Å²) < 4.78 is 7.10. The summed E-state index contributed by atoms with van der Waals surface area (Å²) >= 11 is 0. The van der Waals surface area contributed by atoms with Gasteiger partial charge in [0.25, 0.3) is 5.91 Å². The highest BCUT2D eigenvalue weighted by molar-refractivity contribution is 6.09. The lowest BCUT2D eigenvalue weighted by Gasteiger charge is -2.18. The number of nitrogens with one attached hydrogen (secondary N) is 3. The lowest BCUT2D eigenvalue weighted by atomic mass is 10.1. The molecule has 1 radical (unpaired) electrons. The number of rotatable bonds is 10. The van der Waals surface area contributed by atoms with Gasteiger partial charge in [-0.15, -0.1) is 0 Å². The number of aromatic nitrogens is 1. The van der Waals surface area contributed by atoms with E-state index in [0.717, 1.165) is 16.5 Å². The van der Waals surface area contributed by atoms with E-state index in [1.54, 1.807) is 30.5 Å². The minimum absolute atomic E-state index is 0.173. The maximum atomic E-state index is 13.2. The number of ether oxygens (including phenoxy) is 1. The normalized spacial score (nSPS) is 11.5. The van der Waals surface area contributed by atoms with E-state index >= 15 is 0 Å². The number of amides is 3. The molecule has 1 atom stereocenters. The van der Waals surface area contributed by atoms with Crippen LogP contribution in [0.3, 0.4) is 0 Å². The lowest BCUT2D eigenvalue weighted by Crippen LogP contribution is -2.44. The van der Waals surface area contributed by atoms with E-state index in [2.05, 4.69) is 22.0 Å². The van der Waals surface area contributed by atoms with Crippen molar-refractivity contribution in [2.24, 2.45) is 7.05 Å². The van der Waals surface area contributed by atoms with Gasteiger partial charge in [0.1, 0.15) is 12.6 Å². The van der Waals surface area contributed by atoms with Gasteiger partial charge >= 0.3 is 6.09 Å². The van der Waals surface area contributed by atoms with Crippen molar-refractivity contribution in [3.8, 4) is 0 Å². The number of carbonyl (C=O) groups is 3. The van der Waals surface area contributed by atoms with E-state index in [-0.39, 0.29) is 18.4 Å². The fourth-order valence-corrected chi connectivity index (χ4v) is 3.99. The molecular formula is C29H29N4O4. The highest BCUT2D eigenvalue weighted by atomic mass is 16.5. The van der Waals surface area contributed by atoms with Crippen molar-refractivity contribution in [2.75, 3.05) is 11.9 Å². The molecule has 0 aliphatic carbocycles. The molecule has 8 nitrogen and oxygen atoms in total. The Bertz CT molecular complexity index is 1350. The van der Waals surface area contributed by atoms with Crippen LogP contribution in [0.15, 0.2) is 85.1 Å². The minimum atomic E-state index is -0.817. The topological polar surface area (TPSA) is 101 Å². The lowest BCUT2D eigenvalue weighted by molar-refractivity contribution is -0.118. The second kappa shape index (κ2) is 12.4. The van der Waals surface area contributed by atoms with Gasteiger partial charge in [-0.25, -0.2) is 4.79 Å². The van der Waals surface area contributed by atoms with Gasteiger partial charge in [-0.2, -0.15) is 0 Å². The van der Waals surface area contributed by atoms with Crippen molar-refractivity contribution in [1.29, 1.82) is 0 Å². The molecule has 0 saturated heterocycles. The highest BCUT2D eigenvalue weighted by Crippen LogP contribution is 2.20. The Morgan fingerprint density at radius 1 is 0.973 bits per heavy atom. The predicted molar refractivity (Wildman–Crippen MR) is 142 cm³/mol. The fraction of sp³-hybridized carbons (Fsp3) is 0.207. The van der Waals surface area contributed by atoms with Gasteiger partial charge < -0.3 is 25.3 Å². The second-order valence-electron chi connectivity index (χ2n) is 8.59. The van der Waals surface area contributed by atoms with Crippen LogP contribution >= 0.6 is 0 Å². The van der Waals surface area contributed by atoms with Crippen LogP contribution in [0.5, 0.6) is 0 Å². The molecule has 0 saturated carbocycles. The molecule has 189 valence electrons. The summed E-state index contributed by atoms with van der Waals surface area (Å²) in [5.41, 5.74) is 2.82. The number of hydrogen-bond acceptors (Lipinski definition) is 4. The fourth-order valence-electron chi connectivity index (χ4n) is 3.99. The monoisotopic (exact) mass is 497 g/mol. The molecule has 0 aliphatic rings. The van der Waals surface area contributed by atoms with Crippen molar-refractivity contribution in [3.63, 3.8) is 0 Å². The van der Waals surface area contributed by atoms with Gasteiger partial charge in [0.2, 0.25) is 5.91 Å². The van der Waals surface area contributed by atoms with E-state index in [0.29, 0.717) is 30.6 Å². The Kier molecular flexibility index (Phi) is 8.54. The first-order valence-corrected chi connectivity index (χ1v) is 12.1. The molecule has 3 aromatic carbocycles. The molecular weight excluding hydrogens is 468 g/mol. The maximum absolute atomic E-state index is 13.2. The van der Waals surface area contributed by atoms with Crippen molar-refractivity contribution < 1.29 is 19.1 Å². The summed E-state index contributed by atoms with van der Waals surface area (Å²) in [4.78, 5) is 38.3. The van der Waals surface area contributed by atoms with Crippen LogP contribution < -0.4 is 16.0 Å². The molecule has 0 unspecified atom stereocenters. The summed E-state index contributed by atoms with van der Waals surface area (Å²) in [6.07, 6.45) is 1.98. The standard InChI is InChI=1S/C29H29N4O4/c1-33-19-24(23-15-8-9-17-26(23)33)27(34)32-25(28(35)31-22-13-6-3-7-14-22)16-10-18-30-29(36)37-20-21-11-4-2-5-12-21/h2-9,11-13,15,17,19,25H,10,16,18,20H2,1H3,(H,30,36)(H,31,35)(H,32,34)/t25-/m0/s1. The number of para-hydroxylation sites is 2. The number of anilines is 1. The molecule has 0 fully saturated rings. The quantitative estimate of drug-likeness (QED) is 0.282. The van der Waals surface area contributed by atoms with Gasteiger partial charge in [0.05, 0.1) is 5.56 Å². The number of aryl methyl sites for hydroxylation is 1. The number of hydrogen-bond donors (Lipinski definition) is 3. The molecule has 37 heavy (non-hydrogen) atoms. The number of benzene rings is 3. The van der Waals surface area contributed by atoms with Crippen LogP contribution in [0.1, 0.15) is 28.8 Å². The maximum Gasteiger partial charge on any atom is 0.407 e. The van der Waals surface area contributed by atoms with Gasteiger partial charge in [-0.05, 0) is 30.5 Å². The summed E-state index contributed by atoms with van der Waals surface area (Å²) in [7, 11) is 1.87. The zero-order valence-electron chi connectivity index (χ0n) is 20.6. The van der Waals surface area contributed by atoms with Crippen LogP contribution in [0.4, 0.5) is 10.5 Å². The summed E-state index contributed by atoms with van der Waals surface area (Å²) in [5.74, 6) is -0.702. The van der Waals surface area contributed by atoms with E-state index in [1.165, 1.54) is 0 Å². The van der Waals surface area contributed by atoms with E-state index in [9.17, 15) is 14.4 Å². The van der Waals surface area contributed by atoms with E-state index in [1.807, 2.05) is 66.2 Å². The van der Waals surface area contributed by atoms with Gasteiger partial charge in [-0.1, -0.05) is 66.7 Å². The third-order valence-corrected chi connectivity index (χ3v) is 5.88. The van der Waals surface area contributed by atoms with Crippen molar-refractivity contribution in [2.45, 2.75) is 25.5 Å². The molecule has 1 heterocycles. The number of alkyl carbamates (subject to hydrolysis) is 1. The smallest absolute Gasteiger partial charge is 0.407 e. The first-order valence-electron chi connectivity index (χ1n) is 12.1. The third-order valence-electron chi connectivity index (χ3n) is 5.88. The Labute approximate surface area is 215 Å². The number of carbonyl (C=O) groups excluding carboxylic acids is 3. The highest BCUT2D eigenvalue weighted by Gasteiger charge is 2.23. The Morgan fingerprint density at radius 3 is 2.51 bits per heavy atom. The zero-order valence-corrected chi connectivity index (χ0v) is 20.6. The molecule has 3 N–H and O–H groups in total. The van der Waals surface area contributed by atoms with Crippen LogP contribution in [0.2, 0.25) is 0 Å². The second-order valence-corrected chi connectivity index (χ2v) is 8.59. The largest absolute Gasteiger partial charge is 0.445 e. The van der Waals surface area contributed by atoms with Gasteiger partial charge in [0, 0.05) is 42.4 Å². The molecule has 4 aromatic rings. The first kappa shape index (κ1) is 25.5. The minimum Gasteiger partial charge on any atom is -0.445 e.